The number of nitrogens with zero attached hydrogens (tertiary/aromatic N) is 1. The number of carbonyl (C=O) groups excluding carboxylic acids is 3. The van der Waals surface area contributed by atoms with Gasteiger partial charge in [0.2, 0.25) is 5.78 Å². The highest BCUT2D eigenvalue weighted by Gasteiger charge is 2.68. The highest BCUT2D eigenvalue weighted by molar-refractivity contribution is 6.25. The first-order valence-corrected chi connectivity index (χ1v) is 10.5. The van der Waals surface area contributed by atoms with Crippen molar-refractivity contribution in [1.82, 2.24) is 4.90 Å². The van der Waals surface area contributed by atoms with Crippen LogP contribution in [0.25, 0.3) is 5.76 Å². The number of amides is 1. The van der Waals surface area contributed by atoms with E-state index in [4.69, 9.17) is 11.1 Å². The number of fused-ring (bicyclic) bond motifs is 3. The average Bonchev–Trinajstić information content (AvgIpc) is 2.81. The maximum Gasteiger partial charge on any atom is 0.255 e. The van der Waals surface area contributed by atoms with Gasteiger partial charge in [-0.3, -0.25) is 19.8 Å². The molecular formula is C24H23N3O8. The molecule has 0 bridgehead atoms. The Morgan fingerprint density at radius 2 is 1.86 bits per heavy atom. The van der Waals surface area contributed by atoms with Crippen LogP contribution < -0.4 is 5.73 Å². The number of primary amides is 1. The number of aliphatic hydroxyl groups is 4. The van der Waals surface area contributed by atoms with Crippen LogP contribution in [-0.2, 0) is 14.4 Å². The summed E-state index contributed by atoms with van der Waals surface area (Å²) in [5.74, 6) is -10.3. The number of aliphatic hydroxyl groups excluding tert-OH is 3. The summed E-state index contributed by atoms with van der Waals surface area (Å²) in [7, 11) is 0. The molecule has 11 nitrogen and oxygen atoms in total. The number of phenols is 1. The van der Waals surface area contributed by atoms with Gasteiger partial charge in [-0.2, -0.15) is 0 Å². The Hall–Kier alpha value is -4.22. The molecule has 1 fully saturated rings. The van der Waals surface area contributed by atoms with Gasteiger partial charge in [0.1, 0.15) is 28.9 Å². The first kappa shape index (κ1) is 23.9. The van der Waals surface area contributed by atoms with Crippen LogP contribution in [0.2, 0.25) is 0 Å². The molecule has 0 heterocycles. The standard InChI is InChI=1S/C24H23N3O8/c1-3-9-10-6-5-7-11(28)12(10)18(29)14-13(9)19(30)16-17(27(4-2)8-25)20(31)15(23(26)34)22(33)24(16,35)21(14)32/h3-9,13,16-17,19,25,28-30,33,35H,1-2H2,(H2,26,34)/t9-,13+,16+,17-,19-,24-/m0/s1. The molecule has 1 aromatic carbocycles. The maximum absolute atomic E-state index is 13.8. The van der Waals surface area contributed by atoms with Crippen molar-refractivity contribution in [1.29, 1.82) is 5.41 Å². The van der Waals surface area contributed by atoms with Gasteiger partial charge in [-0.25, -0.2) is 0 Å². The van der Waals surface area contributed by atoms with Gasteiger partial charge in [0.05, 0.1) is 23.9 Å². The van der Waals surface area contributed by atoms with E-state index in [9.17, 15) is 39.9 Å². The molecule has 11 heteroatoms. The minimum absolute atomic E-state index is 0.125. The van der Waals surface area contributed by atoms with E-state index in [0.29, 0.717) is 11.9 Å². The monoisotopic (exact) mass is 481 g/mol. The van der Waals surface area contributed by atoms with Gasteiger partial charge in [0.25, 0.3) is 5.91 Å². The topological polar surface area (TPSA) is 205 Å². The third kappa shape index (κ3) is 2.85. The van der Waals surface area contributed by atoms with E-state index in [0.717, 1.165) is 11.1 Å². The maximum atomic E-state index is 13.8. The van der Waals surface area contributed by atoms with Gasteiger partial charge < -0.3 is 36.2 Å². The molecule has 0 spiro atoms. The van der Waals surface area contributed by atoms with Crippen molar-refractivity contribution < 1.29 is 39.9 Å². The average molecular weight is 481 g/mol. The quantitative estimate of drug-likeness (QED) is 0.132. The summed E-state index contributed by atoms with van der Waals surface area (Å²) >= 11 is 0. The van der Waals surface area contributed by atoms with Crippen molar-refractivity contribution in [2.75, 3.05) is 0 Å². The molecule has 0 aliphatic heterocycles. The number of rotatable bonds is 5. The molecule has 1 aromatic rings. The Labute approximate surface area is 198 Å². The summed E-state index contributed by atoms with van der Waals surface area (Å²) in [6, 6.07) is 2.57. The second kappa shape index (κ2) is 7.93. The van der Waals surface area contributed by atoms with Crippen LogP contribution in [0.5, 0.6) is 5.75 Å². The summed E-state index contributed by atoms with van der Waals surface area (Å²) in [6.07, 6.45) is 1.22. The molecule has 0 radical (unpaired) electrons. The van der Waals surface area contributed by atoms with Crippen molar-refractivity contribution in [3.05, 3.63) is 71.7 Å². The number of allylic oxidation sites excluding steroid dienone is 1. The third-order valence-electron chi connectivity index (χ3n) is 7.09. The number of phenolic OH excluding ortho intramolecular Hbond substituents is 1. The van der Waals surface area contributed by atoms with Gasteiger partial charge in [0.15, 0.2) is 11.4 Å². The lowest BCUT2D eigenvalue weighted by molar-refractivity contribution is -0.167. The van der Waals surface area contributed by atoms with E-state index in [2.05, 4.69) is 13.2 Å². The fourth-order valence-electron chi connectivity index (χ4n) is 5.61. The molecule has 0 saturated heterocycles. The minimum atomic E-state index is -3.08. The van der Waals surface area contributed by atoms with Crippen molar-refractivity contribution in [2.24, 2.45) is 17.6 Å². The van der Waals surface area contributed by atoms with E-state index in [1.54, 1.807) is 6.07 Å². The fourth-order valence-corrected chi connectivity index (χ4v) is 5.61. The zero-order valence-corrected chi connectivity index (χ0v) is 18.3. The smallest absolute Gasteiger partial charge is 0.255 e. The molecule has 8 N–H and O–H groups in total. The fraction of sp³-hybridized carbons (Fsp3) is 0.250. The van der Waals surface area contributed by atoms with Gasteiger partial charge >= 0.3 is 0 Å². The SMILES string of the molecule is C=C[C@H]1c2cccc(O)c2C(O)=C2C(=O)[C@]3(O)C(O)=C(C(N)=O)C(=O)[C@@H](N(C=C)C=N)[C@@H]3[C@@H](O)[C@@H]21. The number of benzene rings is 1. The number of aromatic hydroxyl groups is 1. The second-order valence-electron chi connectivity index (χ2n) is 8.56. The van der Waals surface area contributed by atoms with E-state index in [-0.39, 0.29) is 11.3 Å². The Bertz CT molecular complexity index is 1270. The number of hydrogen-bond acceptors (Lipinski definition) is 9. The van der Waals surface area contributed by atoms with Crippen LogP contribution in [0, 0.1) is 17.2 Å². The van der Waals surface area contributed by atoms with E-state index in [1.165, 1.54) is 18.2 Å². The van der Waals surface area contributed by atoms with Crippen molar-refractivity contribution >= 4 is 29.6 Å². The normalized spacial score (nSPS) is 31.8. The molecule has 3 aliphatic carbocycles. The number of nitrogens with two attached hydrogens (primary N) is 1. The molecule has 6 atom stereocenters. The van der Waals surface area contributed by atoms with E-state index < -0.39 is 75.6 Å². The van der Waals surface area contributed by atoms with Crippen molar-refractivity contribution in [3.8, 4) is 5.75 Å². The zero-order valence-electron chi connectivity index (χ0n) is 18.3. The second-order valence-corrected chi connectivity index (χ2v) is 8.56. The summed E-state index contributed by atoms with van der Waals surface area (Å²) in [5, 5.41) is 63.1. The lowest BCUT2D eigenvalue weighted by Crippen LogP contribution is -2.70. The molecule has 1 amide bonds. The summed E-state index contributed by atoms with van der Waals surface area (Å²) in [5.41, 5.74) is 0.775. The van der Waals surface area contributed by atoms with Gasteiger partial charge in [-0.15, -0.1) is 6.58 Å². The van der Waals surface area contributed by atoms with Crippen LogP contribution in [0.15, 0.2) is 60.5 Å². The summed E-state index contributed by atoms with van der Waals surface area (Å²) < 4.78 is 0. The minimum Gasteiger partial charge on any atom is -0.508 e. The largest absolute Gasteiger partial charge is 0.508 e. The Balaban J connectivity index is 2.10. The highest BCUT2D eigenvalue weighted by Crippen LogP contribution is 2.56. The summed E-state index contributed by atoms with van der Waals surface area (Å²) in [4.78, 5) is 40.0. The first-order chi connectivity index (χ1) is 16.5. The van der Waals surface area contributed by atoms with Gasteiger partial charge in [0, 0.05) is 17.4 Å². The molecule has 182 valence electrons. The molecule has 4 rings (SSSR count). The van der Waals surface area contributed by atoms with E-state index in [1.807, 2.05) is 0 Å². The molecular weight excluding hydrogens is 458 g/mol. The highest BCUT2D eigenvalue weighted by atomic mass is 16.4. The number of nitrogens with one attached hydrogen (secondary N) is 1. The Morgan fingerprint density at radius 3 is 2.40 bits per heavy atom. The van der Waals surface area contributed by atoms with Crippen LogP contribution in [0.1, 0.15) is 17.0 Å². The number of carbonyl (C=O) groups is 3. The van der Waals surface area contributed by atoms with Gasteiger partial charge in [-0.05, 0) is 17.8 Å². The lowest BCUT2D eigenvalue weighted by atomic mass is 9.54. The molecule has 0 aromatic heterocycles. The van der Waals surface area contributed by atoms with Crippen molar-refractivity contribution in [2.45, 2.75) is 23.7 Å². The van der Waals surface area contributed by atoms with Crippen LogP contribution in [0.3, 0.4) is 0 Å². The Kier molecular flexibility index (Phi) is 5.42. The predicted octanol–water partition coefficient (Wildman–Crippen LogP) is 0.153. The van der Waals surface area contributed by atoms with E-state index >= 15 is 0 Å². The molecule has 3 aliphatic rings. The summed E-state index contributed by atoms with van der Waals surface area (Å²) in [6.45, 7) is 7.23. The van der Waals surface area contributed by atoms with Crippen LogP contribution >= 0.6 is 0 Å². The number of hydrogen-bond donors (Lipinski definition) is 7. The van der Waals surface area contributed by atoms with Crippen LogP contribution in [0.4, 0.5) is 0 Å². The van der Waals surface area contributed by atoms with Crippen LogP contribution in [-0.4, -0.2) is 72.0 Å². The molecule has 0 unspecified atom stereocenters. The number of ketones is 2. The predicted molar refractivity (Wildman–Crippen MR) is 122 cm³/mol. The van der Waals surface area contributed by atoms with Crippen molar-refractivity contribution in [3.63, 3.8) is 0 Å². The zero-order chi connectivity index (χ0) is 26.0. The molecule has 35 heavy (non-hydrogen) atoms. The van der Waals surface area contributed by atoms with Gasteiger partial charge in [-0.1, -0.05) is 24.8 Å². The Morgan fingerprint density at radius 1 is 1.20 bits per heavy atom. The lowest BCUT2D eigenvalue weighted by Gasteiger charge is -2.53. The first-order valence-electron chi connectivity index (χ1n) is 10.5. The third-order valence-corrected chi connectivity index (χ3v) is 7.09. The number of Topliss-reactive ketones (excluding diaryl/α,β-unsaturated/α-hetero) is 2. The molecule has 1 saturated carbocycles.